The summed E-state index contributed by atoms with van der Waals surface area (Å²) in [5, 5.41) is 13.5. The summed E-state index contributed by atoms with van der Waals surface area (Å²) in [5.74, 6) is 0.844. The van der Waals surface area contributed by atoms with Crippen LogP contribution in [-0.4, -0.2) is 11.0 Å². The first-order chi connectivity index (χ1) is 9.28. The Morgan fingerprint density at radius 1 is 1.42 bits per heavy atom. The Hall–Kier alpha value is -1.86. The Morgan fingerprint density at radius 2 is 2.26 bits per heavy atom. The van der Waals surface area contributed by atoms with E-state index in [1.807, 2.05) is 19.1 Å². The third-order valence-electron chi connectivity index (χ3n) is 3.33. The standard InChI is InChI=1S/C15H15N3S/c1-11-2-3-13(8-16)15(17-11)18(14-4-5-14)9-12-6-7-19-10-12/h2-3,6-7,10,14H,4-5,9H2,1H3. The molecule has 0 aliphatic heterocycles. The monoisotopic (exact) mass is 269 g/mol. The van der Waals surface area contributed by atoms with Crippen LogP contribution in [0.25, 0.3) is 0 Å². The number of thiophene rings is 1. The van der Waals surface area contributed by atoms with Crippen LogP contribution in [-0.2, 0) is 6.54 Å². The maximum Gasteiger partial charge on any atom is 0.147 e. The minimum atomic E-state index is 0.543. The summed E-state index contributed by atoms with van der Waals surface area (Å²) in [6.45, 7) is 2.82. The number of aromatic nitrogens is 1. The third kappa shape index (κ3) is 2.61. The van der Waals surface area contributed by atoms with E-state index in [1.165, 1.54) is 18.4 Å². The lowest BCUT2D eigenvalue weighted by Gasteiger charge is -2.24. The molecule has 1 saturated carbocycles. The summed E-state index contributed by atoms with van der Waals surface area (Å²) < 4.78 is 0. The number of pyridine rings is 1. The third-order valence-corrected chi connectivity index (χ3v) is 4.06. The molecule has 1 aliphatic carbocycles. The smallest absolute Gasteiger partial charge is 0.147 e. The van der Waals surface area contributed by atoms with E-state index in [4.69, 9.17) is 0 Å². The summed E-state index contributed by atoms with van der Waals surface area (Å²) in [5.41, 5.74) is 2.93. The second kappa shape index (κ2) is 5.02. The fourth-order valence-electron chi connectivity index (χ4n) is 2.19. The number of hydrogen-bond acceptors (Lipinski definition) is 4. The van der Waals surface area contributed by atoms with Crippen LogP contribution in [0.5, 0.6) is 0 Å². The summed E-state index contributed by atoms with van der Waals surface area (Å²) in [6, 6.07) is 8.72. The van der Waals surface area contributed by atoms with Crippen molar-refractivity contribution >= 4 is 17.2 Å². The number of nitriles is 1. The molecule has 0 N–H and O–H groups in total. The van der Waals surface area contributed by atoms with Crippen LogP contribution in [0.1, 0.15) is 29.7 Å². The Morgan fingerprint density at radius 3 is 2.89 bits per heavy atom. The normalized spacial score (nSPS) is 14.1. The van der Waals surface area contributed by atoms with Gasteiger partial charge in [-0.2, -0.15) is 16.6 Å². The molecule has 0 radical (unpaired) electrons. The van der Waals surface area contributed by atoms with Gasteiger partial charge in [-0.3, -0.25) is 0 Å². The maximum atomic E-state index is 9.27. The molecule has 2 aromatic heterocycles. The SMILES string of the molecule is Cc1ccc(C#N)c(N(Cc2ccsc2)C2CC2)n1. The van der Waals surface area contributed by atoms with Gasteiger partial charge in [-0.25, -0.2) is 4.98 Å². The van der Waals surface area contributed by atoms with Gasteiger partial charge in [0.1, 0.15) is 11.9 Å². The van der Waals surface area contributed by atoms with Crippen LogP contribution in [0, 0.1) is 18.3 Å². The minimum absolute atomic E-state index is 0.543. The predicted octanol–water partition coefficient (Wildman–Crippen LogP) is 3.49. The minimum Gasteiger partial charge on any atom is -0.348 e. The molecule has 3 rings (SSSR count). The van der Waals surface area contributed by atoms with Gasteiger partial charge in [0, 0.05) is 18.3 Å². The average molecular weight is 269 g/mol. The number of nitrogens with zero attached hydrogens (tertiary/aromatic N) is 3. The Bertz CT molecular complexity index is 609. The van der Waals surface area contributed by atoms with Crippen molar-refractivity contribution in [1.29, 1.82) is 5.26 Å². The second-order valence-corrected chi connectivity index (χ2v) is 5.71. The number of hydrogen-bond donors (Lipinski definition) is 0. The summed E-state index contributed by atoms with van der Waals surface area (Å²) in [4.78, 5) is 6.88. The zero-order chi connectivity index (χ0) is 13.2. The van der Waals surface area contributed by atoms with Crippen molar-refractivity contribution in [2.24, 2.45) is 0 Å². The molecule has 1 aliphatic rings. The molecule has 96 valence electrons. The fraction of sp³-hybridized carbons (Fsp3) is 0.333. The van der Waals surface area contributed by atoms with Crippen molar-refractivity contribution < 1.29 is 0 Å². The number of anilines is 1. The van der Waals surface area contributed by atoms with Crippen LogP contribution in [0.15, 0.2) is 29.0 Å². The van der Waals surface area contributed by atoms with Crippen LogP contribution < -0.4 is 4.90 Å². The van der Waals surface area contributed by atoms with Gasteiger partial charge in [0.15, 0.2) is 0 Å². The zero-order valence-corrected chi connectivity index (χ0v) is 11.7. The van der Waals surface area contributed by atoms with E-state index in [0.717, 1.165) is 18.1 Å². The van der Waals surface area contributed by atoms with Crippen molar-refractivity contribution in [3.8, 4) is 6.07 Å². The topological polar surface area (TPSA) is 39.9 Å². The van der Waals surface area contributed by atoms with Crippen LogP contribution in [0.2, 0.25) is 0 Å². The van der Waals surface area contributed by atoms with Crippen molar-refractivity contribution in [1.82, 2.24) is 4.98 Å². The van der Waals surface area contributed by atoms with E-state index in [-0.39, 0.29) is 0 Å². The van der Waals surface area contributed by atoms with Gasteiger partial charge in [0.2, 0.25) is 0 Å². The van der Waals surface area contributed by atoms with Gasteiger partial charge in [-0.15, -0.1) is 0 Å². The lowest BCUT2D eigenvalue weighted by molar-refractivity contribution is 0.776. The predicted molar refractivity (Wildman–Crippen MR) is 77.2 cm³/mol. The molecule has 2 aromatic rings. The lowest BCUT2D eigenvalue weighted by atomic mass is 10.2. The molecular formula is C15H15N3S. The summed E-state index contributed by atoms with van der Waals surface area (Å²) in [7, 11) is 0. The highest BCUT2D eigenvalue weighted by Crippen LogP contribution is 2.34. The van der Waals surface area contributed by atoms with E-state index in [1.54, 1.807) is 11.3 Å². The molecule has 0 bridgehead atoms. The quantitative estimate of drug-likeness (QED) is 0.853. The second-order valence-electron chi connectivity index (χ2n) is 4.93. The van der Waals surface area contributed by atoms with Gasteiger partial charge in [0.25, 0.3) is 0 Å². The average Bonchev–Trinajstić information content (AvgIpc) is 3.13. The van der Waals surface area contributed by atoms with E-state index in [2.05, 4.69) is 32.8 Å². The first-order valence-electron chi connectivity index (χ1n) is 6.43. The molecule has 19 heavy (non-hydrogen) atoms. The van der Waals surface area contributed by atoms with Crippen LogP contribution in [0.3, 0.4) is 0 Å². The van der Waals surface area contributed by atoms with Crippen molar-refractivity contribution in [3.63, 3.8) is 0 Å². The highest BCUT2D eigenvalue weighted by molar-refractivity contribution is 7.07. The molecule has 0 amide bonds. The van der Waals surface area contributed by atoms with E-state index in [9.17, 15) is 5.26 Å². The van der Waals surface area contributed by atoms with Crippen molar-refractivity contribution in [2.45, 2.75) is 32.4 Å². The van der Waals surface area contributed by atoms with Crippen LogP contribution >= 0.6 is 11.3 Å². The van der Waals surface area contributed by atoms with Crippen molar-refractivity contribution in [2.75, 3.05) is 4.90 Å². The van der Waals surface area contributed by atoms with Gasteiger partial charge in [-0.1, -0.05) is 0 Å². The first-order valence-corrected chi connectivity index (χ1v) is 7.37. The molecule has 0 atom stereocenters. The van der Waals surface area contributed by atoms with Gasteiger partial charge in [-0.05, 0) is 54.3 Å². The lowest BCUT2D eigenvalue weighted by Crippen LogP contribution is -2.26. The molecule has 0 unspecified atom stereocenters. The Balaban J connectivity index is 1.96. The zero-order valence-electron chi connectivity index (χ0n) is 10.8. The molecule has 0 spiro atoms. The van der Waals surface area contributed by atoms with Crippen LogP contribution in [0.4, 0.5) is 5.82 Å². The highest BCUT2D eigenvalue weighted by atomic mass is 32.1. The molecule has 0 saturated heterocycles. The van der Waals surface area contributed by atoms with Crippen molar-refractivity contribution in [3.05, 3.63) is 45.8 Å². The van der Waals surface area contributed by atoms with E-state index in [0.29, 0.717) is 11.6 Å². The molecule has 1 fully saturated rings. The highest BCUT2D eigenvalue weighted by Gasteiger charge is 2.31. The largest absolute Gasteiger partial charge is 0.348 e. The summed E-state index contributed by atoms with van der Waals surface area (Å²) in [6.07, 6.45) is 2.40. The van der Waals surface area contributed by atoms with Gasteiger partial charge in [0.05, 0.1) is 5.56 Å². The Labute approximate surface area is 117 Å². The van der Waals surface area contributed by atoms with Gasteiger partial charge < -0.3 is 4.90 Å². The van der Waals surface area contributed by atoms with E-state index >= 15 is 0 Å². The first kappa shape index (κ1) is 12.2. The molecular weight excluding hydrogens is 254 g/mol. The number of rotatable bonds is 4. The maximum absolute atomic E-state index is 9.27. The molecule has 2 heterocycles. The van der Waals surface area contributed by atoms with Gasteiger partial charge >= 0.3 is 0 Å². The summed E-state index contributed by atoms with van der Waals surface area (Å²) >= 11 is 1.71. The molecule has 3 nitrogen and oxygen atoms in total. The van der Waals surface area contributed by atoms with E-state index < -0.39 is 0 Å². The fourth-order valence-corrected chi connectivity index (χ4v) is 2.85. The Kier molecular flexibility index (Phi) is 3.22. The number of aryl methyl sites for hydroxylation is 1. The molecule has 4 heteroatoms. The molecule has 0 aromatic carbocycles.